The third kappa shape index (κ3) is 4.07. The van der Waals surface area contributed by atoms with E-state index in [0.717, 1.165) is 0 Å². The van der Waals surface area contributed by atoms with Crippen molar-refractivity contribution in [1.82, 2.24) is 0 Å². The molecule has 18 heavy (non-hydrogen) atoms. The zero-order chi connectivity index (χ0) is 15.2. The number of ether oxygens (including phenoxy) is 1. The molecule has 0 radical (unpaired) electrons. The van der Waals surface area contributed by atoms with E-state index in [2.05, 4.69) is 16.3 Å². The lowest BCUT2D eigenvalue weighted by Gasteiger charge is -2.36. The normalized spacial score (nSPS) is 18.7. The molecule has 0 aliphatic rings. The minimum atomic E-state index is -5.45. The number of rotatable bonds is 4. The summed E-state index contributed by atoms with van der Waals surface area (Å²) in [7, 11) is 0. The van der Waals surface area contributed by atoms with Crippen LogP contribution in [0.5, 0.6) is 0 Å². The molecule has 0 rings (SSSR count). The van der Waals surface area contributed by atoms with E-state index in [9.17, 15) is 22.0 Å². The molecule has 0 aromatic carbocycles. The van der Waals surface area contributed by atoms with Gasteiger partial charge in [-0.2, -0.15) is 22.0 Å². The Hall–Kier alpha value is 1.64. The van der Waals surface area contributed by atoms with E-state index in [4.69, 9.17) is 69.6 Å². The van der Waals surface area contributed by atoms with Crippen molar-refractivity contribution >= 4 is 81.2 Å². The second-order valence-electron chi connectivity index (χ2n) is 2.71. The molecule has 0 amide bonds. The van der Waals surface area contributed by atoms with Crippen molar-refractivity contribution in [2.24, 2.45) is 0 Å². The molecule has 13 heteroatoms. The first-order valence-electron chi connectivity index (χ1n) is 3.43. The summed E-state index contributed by atoms with van der Waals surface area (Å²) in [4.78, 5) is 0. The zero-order valence-corrected chi connectivity index (χ0v) is 12.7. The summed E-state index contributed by atoms with van der Waals surface area (Å²) in [6, 6.07) is 0. The van der Waals surface area contributed by atoms with Crippen LogP contribution in [0.3, 0.4) is 0 Å². The molecule has 0 saturated heterocycles. The Bertz CT molecular complexity index is 308. The topological polar surface area (TPSA) is 9.23 Å². The van der Waals surface area contributed by atoms with Gasteiger partial charge in [0.25, 0.3) is 8.31 Å². The van der Waals surface area contributed by atoms with Crippen molar-refractivity contribution in [3.8, 4) is 0 Å². The van der Waals surface area contributed by atoms with Crippen LogP contribution in [0, 0.1) is 0 Å². The lowest BCUT2D eigenvalue weighted by molar-refractivity contribution is -0.250. The average molecular weight is 419 g/mol. The van der Waals surface area contributed by atoms with Crippen molar-refractivity contribution in [2.75, 3.05) is 0 Å². The largest absolute Gasteiger partial charge is 0.389 e. The van der Waals surface area contributed by atoms with Gasteiger partial charge < -0.3 is 0 Å². The van der Waals surface area contributed by atoms with Gasteiger partial charge in [-0.1, -0.05) is 58.0 Å². The van der Waals surface area contributed by atoms with Crippen LogP contribution in [-0.2, 0) is 4.74 Å². The molecule has 110 valence electrons. The molecule has 1 unspecified atom stereocenters. The summed E-state index contributed by atoms with van der Waals surface area (Å²) in [5, 5.41) is -9.30. The molecule has 0 aliphatic heterocycles. The molecule has 0 bridgehead atoms. The average Bonchev–Trinajstić information content (AvgIpc) is 1.96. The van der Waals surface area contributed by atoms with E-state index in [1.165, 1.54) is 0 Å². The Labute approximate surface area is 132 Å². The predicted molar refractivity (Wildman–Crippen MR) is 61.3 cm³/mol. The molecule has 0 N–H and O–H groups in total. The summed E-state index contributed by atoms with van der Waals surface area (Å²) in [6.07, 6.45) is 0. The Kier molecular flexibility index (Phi) is 5.94. The van der Waals surface area contributed by atoms with Crippen LogP contribution in [0.2, 0.25) is 0 Å². The lowest BCUT2D eigenvalue weighted by Crippen LogP contribution is -2.55. The molecule has 0 heterocycles. The molecule has 0 saturated carbocycles. The summed E-state index contributed by atoms with van der Waals surface area (Å²) in [5.74, 6) is -5.45. The van der Waals surface area contributed by atoms with Gasteiger partial charge in [0.2, 0.25) is 0 Å². The fraction of sp³-hybridized carbons (Fsp3) is 1.00. The smallest absolute Gasteiger partial charge is 0.288 e. The van der Waals surface area contributed by atoms with Gasteiger partial charge in [0, 0.05) is 0 Å². The molecule has 0 fully saturated rings. The minimum absolute atomic E-state index is 3.15. The fourth-order valence-corrected chi connectivity index (χ4v) is 1.44. The van der Waals surface area contributed by atoms with E-state index in [1.807, 2.05) is 0 Å². The number of hydrogen-bond donors (Lipinski definition) is 0. The van der Waals surface area contributed by atoms with Crippen LogP contribution in [0.1, 0.15) is 0 Å². The number of halogens is 12. The maximum absolute atomic E-state index is 13.4. The van der Waals surface area contributed by atoms with Gasteiger partial charge in [-0.15, -0.1) is 0 Å². The monoisotopic (exact) mass is 416 g/mol. The van der Waals surface area contributed by atoms with Gasteiger partial charge in [-0.25, -0.2) is 0 Å². The van der Waals surface area contributed by atoms with Gasteiger partial charge in [-0.3, -0.25) is 4.74 Å². The van der Waals surface area contributed by atoms with Gasteiger partial charge >= 0.3 is 16.6 Å². The van der Waals surface area contributed by atoms with Crippen molar-refractivity contribution in [3.05, 3.63) is 0 Å². The number of hydrogen-bond acceptors (Lipinski definition) is 1. The van der Waals surface area contributed by atoms with Gasteiger partial charge in [0.15, 0.2) is 0 Å². The highest BCUT2D eigenvalue weighted by Gasteiger charge is 2.72. The van der Waals surface area contributed by atoms with Crippen molar-refractivity contribution < 1.29 is 26.7 Å². The van der Waals surface area contributed by atoms with Crippen LogP contribution < -0.4 is 0 Å². The van der Waals surface area contributed by atoms with E-state index >= 15 is 0 Å². The quantitative estimate of drug-likeness (QED) is 0.412. The SMILES string of the molecule is FC(F)(Cl)C(F)(F)C(Cl)(Cl)OC(F)(Cl)C(Cl)(Cl)Cl. The van der Waals surface area contributed by atoms with Crippen LogP contribution in [0.25, 0.3) is 0 Å². The second kappa shape index (κ2) is 5.44. The van der Waals surface area contributed by atoms with Crippen molar-refractivity contribution in [2.45, 2.75) is 24.9 Å². The molecular formula is C5Cl7F5O. The minimum Gasteiger partial charge on any atom is -0.288 e. The van der Waals surface area contributed by atoms with Crippen molar-refractivity contribution in [3.63, 3.8) is 0 Å². The molecule has 0 aliphatic carbocycles. The van der Waals surface area contributed by atoms with E-state index < -0.39 is 24.9 Å². The Morgan fingerprint density at radius 3 is 1.22 bits per heavy atom. The zero-order valence-electron chi connectivity index (χ0n) is 7.44. The third-order valence-electron chi connectivity index (χ3n) is 1.31. The van der Waals surface area contributed by atoms with Gasteiger partial charge in [0.1, 0.15) is 0 Å². The molecule has 0 aromatic heterocycles. The van der Waals surface area contributed by atoms with E-state index in [-0.39, 0.29) is 0 Å². The number of alkyl halides is 12. The predicted octanol–water partition coefficient (Wildman–Crippen LogP) is 5.83. The molecule has 0 spiro atoms. The van der Waals surface area contributed by atoms with Crippen LogP contribution in [0.15, 0.2) is 0 Å². The first-order chi connectivity index (χ1) is 7.46. The Morgan fingerprint density at radius 2 is 1.00 bits per heavy atom. The summed E-state index contributed by atoms with van der Waals surface area (Å²) in [6.45, 7) is 0. The maximum atomic E-state index is 13.4. The molecular weight excluding hydrogens is 419 g/mol. The molecule has 1 atom stereocenters. The van der Waals surface area contributed by atoms with Crippen LogP contribution in [0.4, 0.5) is 22.0 Å². The van der Waals surface area contributed by atoms with Crippen LogP contribution in [-0.4, -0.2) is 24.9 Å². The van der Waals surface area contributed by atoms with Gasteiger partial charge in [-0.05, 0) is 23.2 Å². The van der Waals surface area contributed by atoms with E-state index in [0.29, 0.717) is 0 Å². The third-order valence-corrected chi connectivity index (χ3v) is 3.55. The standard InChI is InChI=1S/C5Cl7F5O/c6-2(7,8)5(12,17)18-3(9,10)1(13,14)4(11,15)16. The molecule has 0 aromatic rings. The lowest BCUT2D eigenvalue weighted by atomic mass is 10.3. The van der Waals surface area contributed by atoms with Gasteiger partial charge in [0.05, 0.1) is 0 Å². The first-order valence-corrected chi connectivity index (χ1v) is 6.07. The van der Waals surface area contributed by atoms with E-state index in [1.54, 1.807) is 0 Å². The van der Waals surface area contributed by atoms with Crippen LogP contribution >= 0.6 is 81.2 Å². The molecule has 1 nitrogen and oxygen atoms in total. The summed E-state index contributed by atoms with van der Waals surface area (Å²) < 4.78 is 60.2. The summed E-state index contributed by atoms with van der Waals surface area (Å²) >= 11 is 33.0. The summed E-state index contributed by atoms with van der Waals surface area (Å²) in [5.41, 5.74) is 0. The second-order valence-corrected chi connectivity index (χ2v) is 7.21. The Balaban J connectivity index is 5.33. The van der Waals surface area contributed by atoms with Crippen molar-refractivity contribution in [1.29, 1.82) is 0 Å². The first kappa shape index (κ1) is 19.6. The highest BCUT2D eigenvalue weighted by atomic mass is 35.6. The highest BCUT2D eigenvalue weighted by Crippen LogP contribution is 2.56. The highest BCUT2D eigenvalue weighted by molar-refractivity contribution is 6.70. The maximum Gasteiger partial charge on any atom is 0.389 e. The Morgan fingerprint density at radius 1 is 0.667 bits per heavy atom. The fourth-order valence-electron chi connectivity index (χ4n) is 0.448.